The first kappa shape index (κ1) is 19.7. The molecule has 0 unspecified atom stereocenters. The second-order valence-electron chi connectivity index (χ2n) is 5.90. The van der Waals surface area contributed by atoms with Gasteiger partial charge in [0.1, 0.15) is 18.3 Å². The third-order valence-corrected chi connectivity index (χ3v) is 5.98. The molecule has 10 nitrogen and oxygen atoms in total. The highest BCUT2D eigenvalue weighted by Gasteiger charge is 2.20. The van der Waals surface area contributed by atoms with Gasteiger partial charge in [-0.2, -0.15) is 5.10 Å². The molecule has 2 aromatic heterocycles. The van der Waals surface area contributed by atoms with Crippen molar-refractivity contribution in [3.05, 3.63) is 82.4 Å². The summed E-state index contributed by atoms with van der Waals surface area (Å²) >= 11 is 2.75. The maximum absolute atomic E-state index is 12.5. The third-order valence-electron chi connectivity index (χ3n) is 3.93. The van der Waals surface area contributed by atoms with Crippen molar-refractivity contribution in [2.24, 2.45) is 0 Å². The van der Waals surface area contributed by atoms with Gasteiger partial charge in [0.15, 0.2) is 4.34 Å². The standard InChI is InChI=1S/C18H13N7O3S2/c26-16(13-6-7-14(15(8-13)25(27)28)24-11-19-10-20-24)21-17-22-23-18(30-17)29-9-12-4-2-1-3-5-12/h1-8,10-11H,9H2,(H,21,22,26). The van der Waals surface area contributed by atoms with Gasteiger partial charge in [0, 0.05) is 17.4 Å². The van der Waals surface area contributed by atoms with Gasteiger partial charge in [-0.05, 0) is 17.7 Å². The normalized spacial score (nSPS) is 10.7. The molecule has 0 aliphatic carbocycles. The lowest BCUT2D eigenvalue weighted by Crippen LogP contribution is -2.13. The van der Waals surface area contributed by atoms with Crippen LogP contribution in [-0.4, -0.2) is 35.8 Å². The Morgan fingerprint density at radius 2 is 2.03 bits per heavy atom. The van der Waals surface area contributed by atoms with E-state index in [0.29, 0.717) is 9.47 Å². The number of nitro groups is 1. The lowest BCUT2D eigenvalue weighted by Gasteiger charge is -2.05. The number of anilines is 1. The number of nitrogens with one attached hydrogen (secondary N) is 1. The SMILES string of the molecule is O=C(Nc1nnc(SCc2ccccc2)s1)c1ccc(-n2cncn2)c([N+](=O)[O-])c1. The highest BCUT2D eigenvalue weighted by Crippen LogP contribution is 2.29. The molecule has 0 aliphatic rings. The predicted molar refractivity (Wildman–Crippen MR) is 112 cm³/mol. The number of aromatic nitrogens is 5. The van der Waals surface area contributed by atoms with Crippen molar-refractivity contribution in [1.29, 1.82) is 0 Å². The van der Waals surface area contributed by atoms with E-state index in [1.165, 1.54) is 58.6 Å². The molecule has 1 N–H and O–H groups in total. The maximum Gasteiger partial charge on any atom is 0.295 e. The average molecular weight is 439 g/mol. The molecule has 30 heavy (non-hydrogen) atoms. The average Bonchev–Trinajstić information content (AvgIpc) is 3.45. The van der Waals surface area contributed by atoms with E-state index >= 15 is 0 Å². The smallest absolute Gasteiger partial charge is 0.295 e. The zero-order valence-corrected chi connectivity index (χ0v) is 16.8. The number of nitrogens with zero attached hydrogens (tertiary/aromatic N) is 6. The minimum atomic E-state index is -0.572. The molecule has 2 aromatic carbocycles. The van der Waals surface area contributed by atoms with E-state index < -0.39 is 10.8 Å². The van der Waals surface area contributed by atoms with Crippen molar-refractivity contribution in [3.8, 4) is 5.69 Å². The van der Waals surface area contributed by atoms with Crippen LogP contribution in [0.5, 0.6) is 0 Å². The van der Waals surface area contributed by atoms with Crippen LogP contribution in [0.3, 0.4) is 0 Å². The summed E-state index contributed by atoms with van der Waals surface area (Å²) in [5, 5.41) is 26.3. The van der Waals surface area contributed by atoms with Crippen LogP contribution in [0.4, 0.5) is 10.8 Å². The number of thioether (sulfide) groups is 1. The molecule has 150 valence electrons. The van der Waals surface area contributed by atoms with Crippen molar-refractivity contribution < 1.29 is 9.72 Å². The van der Waals surface area contributed by atoms with Gasteiger partial charge in [-0.3, -0.25) is 20.2 Å². The van der Waals surface area contributed by atoms with Crippen LogP contribution in [0.25, 0.3) is 5.69 Å². The molecule has 0 saturated carbocycles. The van der Waals surface area contributed by atoms with Crippen molar-refractivity contribution in [2.45, 2.75) is 10.1 Å². The summed E-state index contributed by atoms with van der Waals surface area (Å²) in [6, 6.07) is 14.0. The largest absolute Gasteiger partial charge is 0.296 e. The third kappa shape index (κ3) is 4.50. The van der Waals surface area contributed by atoms with Crippen LogP contribution in [-0.2, 0) is 5.75 Å². The zero-order valence-electron chi connectivity index (χ0n) is 15.2. The molecule has 0 saturated heterocycles. The van der Waals surface area contributed by atoms with Crippen LogP contribution in [0, 0.1) is 10.1 Å². The molecule has 12 heteroatoms. The lowest BCUT2D eigenvalue weighted by atomic mass is 10.1. The fourth-order valence-corrected chi connectivity index (χ4v) is 4.25. The van der Waals surface area contributed by atoms with E-state index in [1.807, 2.05) is 30.3 Å². The Morgan fingerprint density at radius 3 is 2.77 bits per heavy atom. The molecule has 0 bridgehead atoms. The number of benzene rings is 2. The highest BCUT2D eigenvalue weighted by molar-refractivity contribution is 8.00. The fraction of sp³-hybridized carbons (Fsp3) is 0.0556. The molecule has 0 aliphatic heterocycles. The van der Waals surface area contributed by atoms with Crippen LogP contribution in [0.15, 0.2) is 65.5 Å². The number of hydrogen-bond acceptors (Lipinski definition) is 9. The van der Waals surface area contributed by atoms with E-state index in [4.69, 9.17) is 0 Å². The Morgan fingerprint density at radius 1 is 1.20 bits per heavy atom. The van der Waals surface area contributed by atoms with Crippen molar-refractivity contribution >= 4 is 39.8 Å². The van der Waals surface area contributed by atoms with E-state index in [2.05, 4.69) is 25.6 Å². The summed E-state index contributed by atoms with van der Waals surface area (Å²) in [6.07, 6.45) is 2.62. The summed E-state index contributed by atoms with van der Waals surface area (Å²) in [4.78, 5) is 27.2. The first-order chi connectivity index (χ1) is 14.6. The number of rotatable bonds is 7. The number of carbonyl (C=O) groups is 1. The molecule has 0 radical (unpaired) electrons. The van der Waals surface area contributed by atoms with Gasteiger partial charge in [0.2, 0.25) is 5.13 Å². The summed E-state index contributed by atoms with van der Waals surface area (Å²) in [6.45, 7) is 0. The summed E-state index contributed by atoms with van der Waals surface area (Å²) in [5.74, 6) is 0.221. The van der Waals surface area contributed by atoms with Crippen LogP contribution in [0.2, 0.25) is 0 Å². The molecule has 0 fully saturated rings. The van der Waals surface area contributed by atoms with Crippen LogP contribution < -0.4 is 5.32 Å². The molecule has 4 rings (SSSR count). The predicted octanol–water partition coefficient (Wildman–Crippen LogP) is 3.57. The Hall–Kier alpha value is -3.64. The monoisotopic (exact) mass is 439 g/mol. The molecule has 4 aromatic rings. The lowest BCUT2D eigenvalue weighted by molar-refractivity contribution is -0.384. The Labute approximate surface area is 178 Å². The number of amides is 1. The molecular weight excluding hydrogens is 426 g/mol. The van der Waals surface area contributed by atoms with Gasteiger partial charge in [-0.25, -0.2) is 9.67 Å². The summed E-state index contributed by atoms with van der Waals surface area (Å²) in [5.41, 5.74) is 1.23. The van der Waals surface area contributed by atoms with Crippen molar-refractivity contribution in [3.63, 3.8) is 0 Å². The van der Waals surface area contributed by atoms with Gasteiger partial charge in [-0.1, -0.05) is 53.4 Å². The van der Waals surface area contributed by atoms with Crippen molar-refractivity contribution in [1.82, 2.24) is 25.0 Å². The highest BCUT2D eigenvalue weighted by atomic mass is 32.2. The van der Waals surface area contributed by atoms with Gasteiger partial charge < -0.3 is 0 Å². The van der Waals surface area contributed by atoms with Gasteiger partial charge in [-0.15, -0.1) is 10.2 Å². The van der Waals surface area contributed by atoms with Gasteiger partial charge >= 0.3 is 0 Å². The molecule has 1 amide bonds. The van der Waals surface area contributed by atoms with E-state index in [0.717, 1.165) is 11.3 Å². The first-order valence-corrected chi connectivity index (χ1v) is 10.4. The fourth-order valence-electron chi connectivity index (χ4n) is 2.54. The Bertz CT molecular complexity index is 1180. The van der Waals surface area contributed by atoms with Gasteiger partial charge in [0.05, 0.1) is 4.92 Å². The van der Waals surface area contributed by atoms with E-state index in [9.17, 15) is 14.9 Å². The first-order valence-electron chi connectivity index (χ1n) is 8.55. The molecular formula is C18H13N7O3S2. The molecule has 0 spiro atoms. The second kappa shape index (κ2) is 8.80. The molecule has 0 atom stereocenters. The maximum atomic E-state index is 12.5. The number of nitro benzene ring substituents is 1. The van der Waals surface area contributed by atoms with E-state index in [-0.39, 0.29) is 16.9 Å². The van der Waals surface area contributed by atoms with Crippen LogP contribution in [0.1, 0.15) is 15.9 Å². The summed E-state index contributed by atoms with van der Waals surface area (Å²) in [7, 11) is 0. The second-order valence-corrected chi connectivity index (χ2v) is 8.10. The van der Waals surface area contributed by atoms with Gasteiger partial charge in [0.25, 0.3) is 11.6 Å². The Balaban J connectivity index is 1.46. The van der Waals surface area contributed by atoms with Crippen LogP contribution >= 0.6 is 23.1 Å². The number of carbonyl (C=O) groups excluding carboxylic acids is 1. The quantitative estimate of drug-likeness (QED) is 0.200. The zero-order chi connectivity index (χ0) is 20.9. The topological polar surface area (TPSA) is 129 Å². The Kier molecular flexibility index (Phi) is 5.77. The minimum Gasteiger partial charge on any atom is -0.296 e. The molecule has 2 heterocycles. The summed E-state index contributed by atoms with van der Waals surface area (Å²) < 4.78 is 1.97. The number of hydrogen-bond donors (Lipinski definition) is 1. The minimum absolute atomic E-state index is 0.124. The van der Waals surface area contributed by atoms with E-state index in [1.54, 1.807) is 0 Å². The van der Waals surface area contributed by atoms with Crippen molar-refractivity contribution in [2.75, 3.05) is 5.32 Å².